The first-order valence-electron chi connectivity index (χ1n) is 7.62. The highest BCUT2D eigenvalue weighted by Gasteiger charge is 2.18. The number of carboxylic acids is 2. The minimum Gasteiger partial charge on any atom is -0.480 e. The Labute approximate surface area is 153 Å². The Kier molecular flexibility index (Phi) is 6.56. The number of aromatic carboxylic acids is 1. The van der Waals surface area contributed by atoms with Gasteiger partial charge in [0.15, 0.2) is 11.5 Å². The highest BCUT2D eigenvalue weighted by Crippen LogP contribution is 2.36. The molecule has 1 aromatic carbocycles. The zero-order valence-electron chi connectivity index (χ0n) is 13.9. The fourth-order valence-corrected chi connectivity index (χ4v) is 3.00. The fourth-order valence-electron chi connectivity index (χ4n) is 2.06. The minimum atomic E-state index is -1.19. The highest BCUT2D eigenvalue weighted by molar-refractivity contribution is 7.17. The molecule has 8 nitrogen and oxygen atoms in total. The predicted octanol–water partition coefficient (Wildman–Crippen LogP) is 2.82. The average Bonchev–Trinajstić information content (AvgIpc) is 3.03. The summed E-state index contributed by atoms with van der Waals surface area (Å²) in [5.41, 5.74) is 1.60. The summed E-state index contributed by atoms with van der Waals surface area (Å²) in [5.74, 6) is -2.35. The first-order chi connectivity index (χ1) is 12.4. The SMILES string of the molecule is CCOC(=O)NCc1ccc(-c2cc(OCC(=O)O)c(C(=O)O)s2)cc1. The lowest BCUT2D eigenvalue weighted by atomic mass is 10.1. The predicted molar refractivity (Wildman–Crippen MR) is 93.7 cm³/mol. The molecule has 2 rings (SSSR count). The second kappa shape index (κ2) is 8.86. The van der Waals surface area contributed by atoms with Crippen molar-refractivity contribution in [3.63, 3.8) is 0 Å². The van der Waals surface area contributed by atoms with Crippen LogP contribution in [0.1, 0.15) is 22.2 Å². The van der Waals surface area contributed by atoms with Gasteiger partial charge in [-0.1, -0.05) is 24.3 Å². The van der Waals surface area contributed by atoms with Gasteiger partial charge in [-0.2, -0.15) is 0 Å². The van der Waals surface area contributed by atoms with Crippen molar-refractivity contribution >= 4 is 29.4 Å². The number of benzene rings is 1. The molecule has 0 atom stereocenters. The summed E-state index contributed by atoms with van der Waals surface area (Å²) in [6.07, 6.45) is -0.499. The van der Waals surface area contributed by atoms with Crippen molar-refractivity contribution in [2.75, 3.05) is 13.2 Å². The van der Waals surface area contributed by atoms with Crippen LogP contribution >= 0.6 is 11.3 Å². The van der Waals surface area contributed by atoms with E-state index in [1.807, 2.05) is 0 Å². The zero-order valence-corrected chi connectivity index (χ0v) is 14.7. The molecule has 0 fully saturated rings. The molecule has 0 aliphatic rings. The summed E-state index contributed by atoms with van der Waals surface area (Å²) >= 11 is 0.996. The number of nitrogens with one attached hydrogen (secondary N) is 1. The number of thiophene rings is 1. The van der Waals surface area contributed by atoms with Gasteiger partial charge in [-0.15, -0.1) is 11.3 Å². The lowest BCUT2D eigenvalue weighted by Crippen LogP contribution is -2.23. The van der Waals surface area contributed by atoms with Crippen molar-refractivity contribution in [1.29, 1.82) is 0 Å². The number of carbonyl (C=O) groups is 3. The third kappa shape index (κ3) is 5.21. The van der Waals surface area contributed by atoms with E-state index >= 15 is 0 Å². The normalized spacial score (nSPS) is 10.2. The van der Waals surface area contributed by atoms with Crippen LogP contribution in [0.3, 0.4) is 0 Å². The molecule has 1 aromatic heterocycles. The molecule has 1 heterocycles. The van der Waals surface area contributed by atoms with E-state index in [0.29, 0.717) is 18.0 Å². The number of hydrogen-bond donors (Lipinski definition) is 3. The van der Waals surface area contributed by atoms with E-state index < -0.39 is 24.6 Å². The lowest BCUT2D eigenvalue weighted by Gasteiger charge is -2.06. The summed E-state index contributed by atoms with van der Waals surface area (Å²) < 4.78 is 9.82. The smallest absolute Gasteiger partial charge is 0.407 e. The summed E-state index contributed by atoms with van der Waals surface area (Å²) in [4.78, 5) is 33.8. The van der Waals surface area contributed by atoms with Crippen LogP contribution in [0.25, 0.3) is 10.4 Å². The lowest BCUT2D eigenvalue weighted by molar-refractivity contribution is -0.139. The molecule has 0 spiro atoms. The molecule has 0 saturated heterocycles. The third-order valence-electron chi connectivity index (χ3n) is 3.19. The van der Waals surface area contributed by atoms with E-state index in [0.717, 1.165) is 22.5 Å². The maximum Gasteiger partial charge on any atom is 0.407 e. The number of carbonyl (C=O) groups excluding carboxylic acids is 1. The van der Waals surface area contributed by atoms with Gasteiger partial charge >= 0.3 is 18.0 Å². The molecule has 0 saturated carbocycles. The van der Waals surface area contributed by atoms with Gasteiger partial charge in [-0.05, 0) is 24.1 Å². The average molecular weight is 379 g/mol. The van der Waals surface area contributed by atoms with Crippen molar-refractivity contribution < 1.29 is 34.1 Å². The summed E-state index contributed by atoms with van der Waals surface area (Å²) in [5, 5.41) is 20.5. The van der Waals surface area contributed by atoms with E-state index in [1.165, 1.54) is 6.07 Å². The van der Waals surface area contributed by atoms with Gasteiger partial charge in [0.2, 0.25) is 0 Å². The number of alkyl carbamates (subject to hydrolysis) is 1. The number of rotatable bonds is 8. The van der Waals surface area contributed by atoms with Crippen molar-refractivity contribution in [1.82, 2.24) is 5.32 Å². The van der Waals surface area contributed by atoms with Gasteiger partial charge in [0.25, 0.3) is 0 Å². The van der Waals surface area contributed by atoms with E-state index in [-0.39, 0.29) is 10.6 Å². The van der Waals surface area contributed by atoms with E-state index in [2.05, 4.69) is 5.32 Å². The molecule has 0 bridgehead atoms. The first-order valence-corrected chi connectivity index (χ1v) is 8.44. The van der Waals surface area contributed by atoms with Crippen LogP contribution in [0.15, 0.2) is 30.3 Å². The van der Waals surface area contributed by atoms with Gasteiger partial charge in [-0.3, -0.25) is 0 Å². The van der Waals surface area contributed by atoms with Gasteiger partial charge in [0.1, 0.15) is 5.75 Å². The Morgan fingerprint density at radius 3 is 2.42 bits per heavy atom. The molecule has 1 amide bonds. The number of hydrogen-bond acceptors (Lipinski definition) is 6. The summed E-state index contributed by atoms with van der Waals surface area (Å²) in [7, 11) is 0. The van der Waals surface area contributed by atoms with Gasteiger partial charge in [-0.25, -0.2) is 14.4 Å². The van der Waals surface area contributed by atoms with Crippen LogP contribution in [0.2, 0.25) is 0 Å². The van der Waals surface area contributed by atoms with Crippen LogP contribution < -0.4 is 10.1 Å². The first kappa shape index (κ1) is 19.3. The Balaban J connectivity index is 2.12. The highest BCUT2D eigenvalue weighted by atomic mass is 32.1. The molecule has 138 valence electrons. The Hall–Kier alpha value is -3.07. The molecule has 0 radical (unpaired) electrons. The molecule has 0 unspecified atom stereocenters. The molecular formula is C17H17NO7S. The zero-order chi connectivity index (χ0) is 19.1. The van der Waals surface area contributed by atoms with Gasteiger partial charge in [0, 0.05) is 11.4 Å². The molecular weight excluding hydrogens is 362 g/mol. The maximum absolute atomic E-state index is 11.3. The van der Waals surface area contributed by atoms with Crippen molar-refractivity contribution in [2.24, 2.45) is 0 Å². The van der Waals surface area contributed by atoms with E-state index in [4.69, 9.17) is 14.6 Å². The third-order valence-corrected chi connectivity index (χ3v) is 4.35. The largest absolute Gasteiger partial charge is 0.480 e. The molecule has 26 heavy (non-hydrogen) atoms. The quantitative estimate of drug-likeness (QED) is 0.644. The van der Waals surface area contributed by atoms with Crippen LogP contribution in [-0.4, -0.2) is 41.5 Å². The minimum absolute atomic E-state index is 0.0213. The van der Waals surface area contributed by atoms with E-state index in [9.17, 15) is 19.5 Å². The van der Waals surface area contributed by atoms with Crippen molar-refractivity contribution in [2.45, 2.75) is 13.5 Å². The number of ether oxygens (including phenoxy) is 2. The molecule has 0 aliphatic carbocycles. The van der Waals surface area contributed by atoms with Crippen LogP contribution in [-0.2, 0) is 16.1 Å². The van der Waals surface area contributed by atoms with Crippen LogP contribution in [0.5, 0.6) is 5.75 Å². The van der Waals surface area contributed by atoms with Crippen molar-refractivity contribution in [3.05, 3.63) is 40.8 Å². The number of carboxylic acid groups (broad SMARTS) is 2. The fraction of sp³-hybridized carbons (Fsp3) is 0.235. The number of amides is 1. The Morgan fingerprint density at radius 2 is 1.85 bits per heavy atom. The van der Waals surface area contributed by atoms with E-state index in [1.54, 1.807) is 31.2 Å². The maximum atomic E-state index is 11.3. The topological polar surface area (TPSA) is 122 Å². The Morgan fingerprint density at radius 1 is 1.15 bits per heavy atom. The Bertz CT molecular complexity index is 798. The van der Waals surface area contributed by atoms with Crippen LogP contribution in [0.4, 0.5) is 4.79 Å². The van der Waals surface area contributed by atoms with Gasteiger partial charge < -0.3 is 25.0 Å². The molecule has 0 aliphatic heterocycles. The summed E-state index contributed by atoms with van der Waals surface area (Å²) in [6, 6.07) is 8.64. The summed E-state index contributed by atoms with van der Waals surface area (Å²) in [6.45, 7) is 1.70. The monoisotopic (exact) mass is 379 g/mol. The van der Waals surface area contributed by atoms with Crippen molar-refractivity contribution in [3.8, 4) is 16.2 Å². The number of aliphatic carboxylic acids is 1. The van der Waals surface area contributed by atoms with Gasteiger partial charge in [0.05, 0.1) is 6.61 Å². The molecule has 9 heteroatoms. The molecule has 2 aromatic rings. The second-order valence-corrected chi connectivity index (χ2v) is 6.11. The molecule has 3 N–H and O–H groups in total. The second-order valence-electron chi connectivity index (χ2n) is 5.06. The van der Waals surface area contributed by atoms with Crippen LogP contribution in [0, 0.1) is 0 Å². The standard InChI is InChI=1S/C17H17NO7S/c1-2-24-17(23)18-8-10-3-5-11(6-4-10)13-7-12(25-9-14(19)20)15(26-13)16(21)22/h3-7H,2,8-9H2,1H3,(H,18,23)(H,19,20)(H,21,22).